The number of carbonyl (C=O) groups is 3. The highest BCUT2D eigenvalue weighted by Crippen LogP contribution is 2.44. The first-order valence-electron chi connectivity index (χ1n) is 18.1. The molecule has 8 rings (SSSR count). The number of aliphatic carboxylic acids is 1. The zero-order chi connectivity index (χ0) is 40.4. The molecular weight excluding hydrogens is 789 g/mol. The Hall–Kier alpha value is -5.26. The first-order valence-corrected chi connectivity index (χ1v) is 19.8. The number of alkyl carbamates (subject to hydrolysis) is 1. The number of carbonyl (C=O) groups excluding carboxylic acids is 2. The number of nitrogens with one attached hydrogen (secondary N) is 1. The highest BCUT2D eigenvalue weighted by atomic mass is 35.5. The number of alkyl halides is 3. The van der Waals surface area contributed by atoms with Gasteiger partial charge in [-0.05, 0) is 57.7 Å². The van der Waals surface area contributed by atoms with E-state index in [0.717, 1.165) is 46.7 Å². The van der Waals surface area contributed by atoms with Gasteiger partial charge in [0.25, 0.3) is 0 Å². The number of nitrogens with zero attached hydrogens (tertiary/aromatic N) is 5. The van der Waals surface area contributed by atoms with Crippen molar-refractivity contribution in [3.63, 3.8) is 0 Å². The molecule has 300 valence electrons. The van der Waals surface area contributed by atoms with Crippen LogP contribution in [-0.4, -0.2) is 108 Å². The van der Waals surface area contributed by atoms with Crippen LogP contribution in [-0.2, 0) is 36.7 Å². The number of piperazine rings is 1. The van der Waals surface area contributed by atoms with E-state index >= 15 is 0 Å². The lowest BCUT2D eigenvalue weighted by Crippen LogP contribution is -2.47. The van der Waals surface area contributed by atoms with E-state index in [1.807, 2.05) is 53.4 Å². The molecule has 0 spiro atoms. The van der Waals surface area contributed by atoms with Crippen molar-refractivity contribution in [2.75, 3.05) is 66.9 Å². The zero-order valence-corrected chi connectivity index (χ0v) is 32.1. The van der Waals surface area contributed by atoms with Crippen molar-refractivity contribution in [1.82, 2.24) is 15.3 Å². The van der Waals surface area contributed by atoms with Gasteiger partial charge in [-0.25, -0.2) is 19.4 Å². The van der Waals surface area contributed by atoms with Crippen molar-refractivity contribution in [3.8, 4) is 11.1 Å². The van der Waals surface area contributed by atoms with Crippen molar-refractivity contribution in [1.29, 1.82) is 0 Å². The van der Waals surface area contributed by atoms with Crippen molar-refractivity contribution in [2.45, 2.75) is 41.9 Å². The number of esters is 1. The summed E-state index contributed by atoms with van der Waals surface area (Å²) < 4.78 is 56.1. The molecule has 4 aromatic rings. The minimum Gasteiger partial charge on any atom is -0.611 e. The fraction of sp³-hybridized carbons (Fsp3) is 0.359. The lowest BCUT2D eigenvalue weighted by molar-refractivity contribution is -0.192. The summed E-state index contributed by atoms with van der Waals surface area (Å²) in [5.41, 5.74) is 6.41. The zero-order valence-electron chi connectivity index (χ0n) is 30.6. The van der Waals surface area contributed by atoms with Gasteiger partial charge >= 0.3 is 24.2 Å². The molecule has 2 fully saturated rings. The Balaban J connectivity index is 0.000000651. The second-order valence-electron chi connectivity index (χ2n) is 13.8. The van der Waals surface area contributed by atoms with E-state index in [0.29, 0.717) is 46.9 Å². The van der Waals surface area contributed by atoms with Crippen LogP contribution in [0.25, 0.3) is 11.1 Å². The molecule has 3 atom stereocenters. The number of hydrogen-bond donors (Lipinski definition) is 2. The molecule has 1 aromatic heterocycles. The van der Waals surface area contributed by atoms with Gasteiger partial charge in [0, 0.05) is 62.2 Å². The number of halogens is 4. The number of methoxy groups -OCH3 is 1. The molecule has 0 saturated carbocycles. The second-order valence-corrected chi connectivity index (χ2v) is 15.7. The van der Waals surface area contributed by atoms with Gasteiger partial charge in [-0.3, -0.25) is 0 Å². The molecule has 3 aliphatic heterocycles. The smallest absolute Gasteiger partial charge is 0.490 e. The van der Waals surface area contributed by atoms with Gasteiger partial charge in [0.15, 0.2) is 5.82 Å². The van der Waals surface area contributed by atoms with Crippen LogP contribution in [0.4, 0.5) is 35.4 Å². The molecule has 1 aliphatic carbocycles. The molecule has 2 N–H and O–H groups in total. The number of benzene rings is 3. The maximum atomic E-state index is 13.3. The third-order valence-electron chi connectivity index (χ3n) is 10.4. The lowest BCUT2D eigenvalue weighted by atomic mass is 9.98. The Morgan fingerprint density at radius 3 is 2.14 bits per heavy atom. The number of aryl methyl sites for hydroxylation is 1. The fourth-order valence-corrected chi connectivity index (χ4v) is 9.14. The minimum absolute atomic E-state index is 0.0684. The number of hydrogen-bond acceptors (Lipinski definition) is 11. The monoisotopic (exact) mass is 826 g/mol. The van der Waals surface area contributed by atoms with Crippen LogP contribution in [0, 0.1) is 0 Å². The van der Waals surface area contributed by atoms with Crippen molar-refractivity contribution < 1.29 is 46.7 Å². The van der Waals surface area contributed by atoms with Gasteiger partial charge < -0.3 is 39.1 Å². The first kappa shape index (κ1) is 40.0. The maximum Gasteiger partial charge on any atom is 0.490 e. The number of carboxylic acids is 1. The Morgan fingerprint density at radius 1 is 0.947 bits per heavy atom. The van der Waals surface area contributed by atoms with Crippen LogP contribution < -0.4 is 20.0 Å². The lowest BCUT2D eigenvalue weighted by Gasteiger charge is -2.36. The van der Waals surface area contributed by atoms with Gasteiger partial charge in [-0.1, -0.05) is 60.1 Å². The Bertz CT molecular complexity index is 2090. The third kappa shape index (κ3) is 8.55. The quantitative estimate of drug-likeness (QED) is 0.181. The van der Waals surface area contributed by atoms with E-state index in [-0.39, 0.29) is 25.5 Å². The molecule has 3 aromatic carbocycles. The summed E-state index contributed by atoms with van der Waals surface area (Å²) in [5, 5.41) is 10.8. The topological polar surface area (TPSA) is 160 Å². The molecule has 0 radical (unpaired) electrons. The van der Waals surface area contributed by atoms with Crippen LogP contribution in [0.3, 0.4) is 0 Å². The third-order valence-corrected chi connectivity index (χ3v) is 12.1. The molecular formula is C39H38ClF3N6O7S. The number of fused-ring (bicyclic) bond motifs is 4. The summed E-state index contributed by atoms with van der Waals surface area (Å²) >= 11 is 4.78. The number of anilines is 3. The summed E-state index contributed by atoms with van der Waals surface area (Å²) in [4.78, 5) is 52.0. The number of ether oxygens (including phenoxy) is 2. The Labute approximate surface area is 333 Å². The van der Waals surface area contributed by atoms with E-state index < -0.39 is 47.5 Å². The minimum atomic E-state index is -5.08. The van der Waals surface area contributed by atoms with Gasteiger partial charge in [0.05, 0.1) is 13.2 Å². The first-order chi connectivity index (χ1) is 27.3. The summed E-state index contributed by atoms with van der Waals surface area (Å²) in [7, 11) is 1.35. The summed E-state index contributed by atoms with van der Waals surface area (Å²) in [6.45, 7) is 3.37. The Kier molecular flexibility index (Phi) is 11.7. The van der Waals surface area contributed by atoms with E-state index in [1.54, 1.807) is 0 Å². The van der Waals surface area contributed by atoms with Gasteiger partial charge in [0.2, 0.25) is 10.8 Å². The van der Waals surface area contributed by atoms with Crippen LogP contribution >= 0.6 is 11.6 Å². The van der Waals surface area contributed by atoms with Crippen molar-refractivity contribution in [2.24, 2.45) is 0 Å². The predicted molar refractivity (Wildman–Crippen MR) is 206 cm³/mol. The summed E-state index contributed by atoms with van der Waals surface area (Å²) in [6, 6.07) is 23.0. The molecule has 1 unspecified atom stereocenters. The van der Waals surface area contributed by atoms with E-state index in [1.165, 1.54) is 7.11 Å². The number of rotatable bonds is 7. The number of amides is 1. The van der Waals surface area contributed by atoms with Crippen LogP contribution in [0.15, 0.2) is 77.7 Å². The molecule has 4 heterocycles. The molecule has 57 heavy (non-hydrogen) atoms. The van der Waals surface area contributed by atoms with E-state index in [2.05, 4.69) is 39.4 Å². The van der Waals surface area contributed by atoms with Gasteiger partial charge in [0.1, 0.15) is 24.1 Å². The molecule has 2 saturated heterocycles. The van der Waals surface area contributed by atoms with Crippen LogP contribution in [0.5, 0.6) is 0 Å². The van der Waals surface area contributed by atoms with Crippen LogP contribution in [0.2, 0.25) is 5.02 Å². The molecule has 1 amide bonds. The van der Waals surface area contributed by atoms with E-state index in [9.17, 15) is 27.3 Å². The summed E-state index contributed by atoms with van der Waals surface area (Å²) in [6.07, 6.45) is -4.79. The number of aromatic nitrogens is 2. The standard InChI is InChI=1S/C37H37ClN6O5S.C2HF3O2/c1-48-35(45)32-20-24(39-37(46)49-22-30-28-8-4-2-6-26(28)27-7-3-5-9-29(27)30)21-44(32)34-33-31(14-19-50(33)47)40-36(41-34)43-17-15-42(16-18-43)25-12-10-23(38)11-13-25;3-2(4,5)1(6)7/h2-13,24,30,32H,14-22H2,1H3,(H,39,46);(H,6,7)/t24-,32+,50?;/m1./s1. The predicted octanol–water partition coefficient (Wildman–Crippen LogP) is 5.41. The van der Waals surface area contributed by atoms with Gasteiger partial charge in [-0.2, -0.15) is 18.2 Å². The molecule has 13 nitrogen and oxygen atoms in total. The summed E-state index contributed by atoms with van der Waals surface area (Å²) in [5.74, 6) is -1.81. The second kappa shape index (κ2) is 16.7. The maximum absolute atomic E-state index is 13.3. The van der Waals surface area contributed by atoms with Crippen molar-refractivity contribution >= 4 is 58.3 Å². The Morgan fingerprint density at radius 2 is 1.54 bits per heavy atom. The molecule has 4 aliphatic rings. The average Bonchev–Trinajstić information content (AvgIpc) is 3.90. The fourth-order valence-electron chi connectivity index (χ4n) is 7.66. The number of carboxylic acid groups (broad SMARTS) is 1. The van der Waals surface area contributed by atoms with Gasteiger partial charge in [-0.15, -0.1) is 0 Å². The SMILES string of the molecule is COC(=O)[C@@H]1C[C@@H](NC(=O)OCC2c3ccccc3-c3ccccc32)CN1c1nc(N2CCN(c3ccc(Cl)cc3)CC2)nc2c1[S+]([O-])CC2.O=C(O)C(F)(F)F. The van der Waals surface area contributed by atoms with Crippen LogP contribution in [0.1, 0.15) is 29.2 Å². The molecule has 18 heteroatoms. The average molecular weight is 827 g/mol. The van der Waals surface area contributed by atoms with Crippen molar-refractivity contribution in [3.05, 3.63) is 94.6 Å². The normalized spacial score (nSPS) is 19.9. The highest BCUT2D eigenvalue weighted by molar-refractivity contribution is 7.91. The highest BCUT2D eigenvalue weighted by Gasteiger charge is 2.45. The van der Waals surface area contributed by atoms with E-state index in [4.69, 9.17) is 40.9 Å². The largest absolute Gasteiger partial charge is 0.611 e. The molecule has 0 bridgehead atoms.